The van der Waals surface area contributed by atoms with Crippen molar-refractivity contribution in [1.82, 2.24) is 4.90 Å². The van der Waals surface area contributed by atoms with E-state index < -0.39 is 5.97 Å². The molecule has 2 fully saturated rings. The highest BCUT2D eigenvalue weighted by atomic mass is 16.4. The number of aromatic carboxylic acids is 1. The van der Waals surface area contributed by atoms with Gasteiger partial charge < -0.3 is 10.0 Å². The van der Waals surface area contributed by atoms with E-state index in [9.17, 15) is 9.90 Å². The molecule has 2 aliphatic rings. The SMILES string of the molecule is Cc1ccc(C(=O)O)c(N2CCN(C3CCCC3)CC2)c1. The number of benzene rings is 1. The summed E-state index contributed by atoms with van der Waals surface area (Å²) < 4.78 is 0. The molecular weight excluding hydrogens is 264 g/mol. The number of carboxylic acid groups (broad SMARTS) is 1. The minimum Gasteiger partial charge on any atom is -0.478 e. The van der Waals surface area contributed by atoms with Gasteiger partial charge in [0.1, 0.15) is 0 Å². The highest BCUT2D eigenvalue weighted by Gasteiger charge is 2.27. The van der Waals surface area contributed by atoms with Crippen LogP contribution in [-0.4, -0.2) is 48.2 Å². The fraction of sp³-hybridized carbons (Fsp3) is 0.588. The maximum atomic E-state index is 11.4. The Bertz CT molecular complexity index is 516. The van der Waals surface area contributed by atoms with Gasteiger partial charge in [-0.1, -0.05) is 18.9 Å². The van der Waals surface area contributed by atoms with E-state index in [4.69, 9.17) is 0 Å². The van der Waals surface area contributed by atoms with Crippen LogP contribution in [0.1, 0.15) is 41.6 Å². The summed E-state index contributed by atoms with van der Waals surface area (Å²) in [5.41, 5.74) is 2.43. The van der Waals surface area contributed by atoms with E-state index in [2.05, 4.69) is 9.80 Å². The first kappa shape index (κ1) is 14.4. The fourth-order valence-corrected chi connectivity index (χ4v) is 3.68. The molecule has 114 valence electrons. The van der Waals surface area contributed by atoms with Crippen LogP contribution in [0.15, 0.2) is 18.2 Å². The highest BCUT2D eigenvalue weighted by molar-refractivity contribution is 5.94. The smallest absolute Gasteiger partial charge is 0.337 e. The normalized spacial score (nSPS) is 20.9. The lowest BCUT2D eigenvalue weighted by molar-refractivity contribution is 0.0697. The summed E-state index contributed by atoms with van der Waals surface area (Å²) in [6.07, 6.45) is 5.41. The second-order valence-electron chi connectivity index (χ2n) is 6.29. The third kappa shape index (κ3) is 3.05. The second kappa shape index (κ2) is 6.06. The standard InChI is InChI=1S/C17H24N2O2/c1-13-6-7-15(17(20)21)16(12-13)19-10-8-18(9-11-19)14-4-2-3-5-14/h6-7,12,14H,2-5,8-11H2,1H3,(H,20,21). The van der Waals surface area contributed by atoms with Gasteiger partial charge in [-0.15, -0.1) is 0 Å². The predicted molar refractivity (Wildman–Crippen MR) is 84.2 cm³/mol. The van der Waals surface area contributed by atoms with Crippen molar-refractivity contribution >= 4 is 11.7 Å². The van der Waals surface area contributed by atoms with Gasteiger partial charge in [0.15, 0.2) is 0 Å². The number of nitrogens with zero attached hydrogens (tertiary/aromatic N) is 2. The van der Waals surface area contributed by atoms with Crippen LogP contribution in [0.2, 0.25) is 0 Å². The van der Waals surface area contributed by atoms with Gasteiger partial charge in [0.05, 0.1) is 11.3 Å². The van der Waals surface area contributed by atoms with Crippen molar-refractivity contribution in [2.45, 2.75) is 38.6 Å². The van der Waals surface area contributed by atoms with Gasteiger partial charge in [0, 0.05) is 32.2 Å². The molecule has 4 heteroatoms. The Morgan fingerprint density at radius 3 is 2.43 bits per heavy atom. The number of piperazine rings is 1. The molecule has 1 saturated carbocycles. The van der Waals surface area contributed by atoms with Crippen LogP contribution in [0.25, 0.3) is 0 Å². The second-order valence-corrected chi connectivity index (χ2v) is 6.29. The Labute approximate surface area is 126 Å². The molecule has 1 aliphatic carbocycles. The predicted octanol–water partition coefficient (Wildman–Crippen LogP) is 2.76. The number of anilines is 1. The zero-order valence-electron chi connectivity index (χ0n) is 12.7. The summed E-state index contributed by atoms with van der Waals surface area (Å²) in [6, 6.07) is 6.39. The van der Waals surface area contributed by atoms with Gasteiger partial charge in [-0.3, -0.25) is 4.90 Å². The minimum absolute atomic E-state index is 0.426. The molecule has 0 unspecified atom stereocenters. The van der Waals surface area contributed by atoms with Crippen molar-refractivity contribution < 1.29 is 9.90 Å². The molecule has 3 rings (SSSR count). The molecule has 0 spiro atoms. The van der Waals surface area contributed by atoms with E-state index in [0.29, 0.717) is 5.56 Å². The average Bonchev–Trinajstić information content (AvgIpc) is 3.01. The molecule has 0 amide bonds. The number of hydrogen-bond acceptors (Lipinski definition) is 3. The van der Waals surface area contributed by atoms with Crippen molar-refractivity contribution in [2.24, 2.45) is 0 Å². The Kier molecular flexibility index (Phi) is 4.15. The first-order chi connectivity index (χ1) is 10.1. The maximum absolute atomic E-state index is 11.4. The van der Waals surface area contributed by atoms with Gasteiger partial charge in [-0.25, -0.2) is 4.79 Å². The molecule has 0 bridgehead atoms. The molecule has 1 saturated heterocycles. The molecule has 0 aromatic heterocycles. The van der Waals surface area contributed by atoms with Crippen LogP contribution >= 0.6 is 0 Å². The van der Waals surface area contributed by atoms with Crippen molar-refractivity contribution in [2.75, 3.05) is 31.1 Å². The molecule has 0 atom stereocenters. The van der Waals surface area contributed by atoms with E-state index in [0.717, 1.165) is 43.5 Å². The van der Waals surface area contributed by atoms with Crippen LogP contribution in [0.5, 0.6) is 0 Å². The van der Waals surface area contributed by atoms with Crippen molar-refractivity contribution in [3.8, 4) is 0 Å². The van der Waals surface area contributed by atoms with Gasteiger partial charge in [0.25, 0.3) is 0 Å². The lowest BCUT2D eigenvalue weighted by Gasteiger charge is -2.39. The molecule has 1 aromatic carbocycles. The number of carboxylic acids is 1. The molecule has 1 heterocycles. The summed E-state index contributed by atoms with van der Waals surface area (Å²) in [6.45, 7) is 5.99. The number of carbonyl (C=O) groups is 1. The Morgan fingerprint density at radius 2 is 1.81 bits per heavy atom. The minimum atomic E-state index is -0.830. The van der Waals surface area contributed by atoms with E-state index >= 15 is 0 Å². The van der Waals surface area contributed by atoms with E-state index in [1.54, 1.807) is 6.07 Å². The van der Waals surface area contributed by atoms with Crippen LogP contribution < -0.4 is 4.90 Å². The molecule has 21 heavy (non-hydrogen) atoms. The quantitative estimate of drug-likeness (QED) is 0.929. The molecular formula is C17H24N2O2. The molecule has 0 radical (unpaired) electrons. The maximum Gasteiger partial charge on any atom is 0.337 e. The zero-order valence-corrected chi connectivity index (χ0v) is 12.7. The van der Waals surface area contributed by atoms with Crippen LogP contribution in [0.4, 0.5) is 5.69 Å². The third-order valence-electron chi connectivity index (χ3n) is 4.88. The van der Waals surface area contributed by atoms with Crippen molar-refractivity contribution in [3.63, 3.8) is 0 Å². The van der Waals surface area contributed by atoms with Gasteiger partial charge in [-0.2, -0.15) is 0 Å². The Balaban J connectivity index is 1.71. The lowest BCUT2D eigenvalue weighted by Crippen LogP contribution is -2.50. The zero-order chi connectivity index (χ0) is 14.8. The van der Waals surface area contributed by atoms with E-state index in [-0.39, 0.29) is 0 Å². The van der Waals surface area contributed by atoms with Crippen LogP contribution in [0.3, 0.4) is 0 Å². The van der Waals surface area contributed by atoms with Gasteiger partial charge in [-0.05, 0) is 37.5 Å². The summed E-state index contributed by atoms with van der Waals surface area (Å²) in [5.74, 6) is -0.830. The van der Waals surface area contributed by atoms with Gasteiger partial charge in [0.2, 0.25) is 0 Å². The summed E-state index contributed by atoms with van der Waals surface area (Å²) >= 11 is 0. The molecule has 1 N–H and O–H groups in total. The van der Waals surface area contributed by atoms with Gasteiger partial charge >= 0.3 is 5.97 Å². The highest BCUT2D eigenvalue weighted by Crippen LogP contribution is 2.27. The number of aryl methyl sites for hydroxylation is 1. The topological polar surface area (TPSA) is 43.8 Å². The van der Waals surface area contributed by atoms with Crippen molar-refractivity contribution in [1.29, 1.82) is 0 Å². The summed E-state index contributed by atoms with van der Waals surface area (Å²) in [5, 5.41) is 9.37. The largest absolute Gasteiger partial charge is 0.478 e. The number of rotatable bonds is 3. The molecule has 1 aromatic rings. The number of hydrogen-bond donors (Lipinski definition) is 1. The first-order valence-corrected chi connectivity index (χ1v) is 7.98. The Hall–Kier alpha value is -1.55. The monoisotopic (exact) mass is 288 g/mol. The molecule has 1 aliphatic heterocycles. The van der Waals surface area contributed by atoms with Crippen molar-refractivity contribution in [3.05, 3.63) is 29.3 Å². The van der Waals surface area contributed by atoms with Crippen LogP contribution in [0, 0.1) is 6.92 Å². The van der Waals surface area contributed by atoms with E-state index in [1.807, 2.05) is 19.1 Å². The fourth-order valence-electron chi connectivity index (χ4n) is 3.68. The Morgan fingerprint density at radius 1 is 1.14 bits per heavy atom. The summed E-state index contributed by atoms with van der Waals surface area (Å²) in [7, 11) is 0. The average molecular weight is 288 g/mol. The van der Waals surface area contributed by atoms with E-state index in [1.165, 1.54) is 25.7 Å². The first-order valence-electron chi connectivity index (χ1n) is 7.98. The summed E-state index contributed by atoms with van der Waals surface area (Å²) in [4.78, 5) is 16.2. The lowest BCUT2D eigenvalue weighted by atomic mass is 10.1. The van der Waals surface area contributed by atoms with Crippen LogP contribution in [-0.2, 0) is 0 Å². The third-order valence-corrected chi connectivity index (χ3v) is 4.88. The molecule has 4 nitrogen and oxygen atoms in total.